The molecule has 1 saturated carbocycles. The molecule has 13 heteroatoms. The Morgan fingerprint density at radius 2 is 1.82 bits per heavy atom. The zero-order chi connectivity index (χ0) is 20.1. The number of carbonyl (C=O) groups excluding carboxylic acids is 3. The summed E-state index contributed by atoms with van der Waals surface area (Å²) in [5.41, 5.74) is 4.41. The topological polar surface area (TPSA) is 157 Å². The van der Waals surface area contributed by atoms with E-state index in [0.29, 0.717) is 24.3 Å². The van der Waals surface area contributed by atoms with E-state index in [0.717, 1.165) is 25.9 Å². The molecule has 12 nitrogen and oxygen atoms in total. The molecule has 3 heterocycles. The summed E-state index contributed by atoms with van der Waals surface area (Å²) < 4.78 is 35.6. The highest BCUT2D eigenvalue weighted by atomic mass is 32.3. The van der Waals surface area contributed by atoms with E-state index in [9.17, 15) is 22.8 Å². The summed E-state index contributed by atoms with van der Waals surface area (Å²) in [5, 5.41) is 3.81. The lowest BCUT2D eigenvalue weighted by Crippen LogP contribution is -2.57. The van der Waals surface area contributed by atoms with Gasteiger partial charge in [-0.15, -0.1) is 4.28 Å². The predicted molar refractivity (Wildman–Crippen MR) is 92.3 cm³/mol. The fourth-order valence-corrected chi connectivity index (χ4v) is 4.81. The van der Waals surface area contributed by atoms with Gasteiger partial charge in [-0.3, -0.25) is 25.0 Å². The number of urea groups is 1. The van der Waals surface area contributed by atoms with Gasteiger partial charge in [0.05, 0.1) is 6.04 Å². The molecule has 0 radical (unpaired) electrons. The third kappa shape index (κ3) is 3.54. The Labute approximate surface area is 161 Å². The number of hydrazine groups is 1. The first-order valence-corrected chi connectivity index (χ1v) is 10.6. The number of rotatable bonds is 4. The van der Waals surface area contributed by atoms with Gasteiger partial charge in [0.15, 0.2) is 0 Å². The number of hydrogen-bond acceptors (Lipinski definition) is 7. The average molecular weight is 417 g/mol. The van der Waals surface area contributed by atoms with Crippen LogP contribution in [0.5, 0.6) is 0 Å². The summed E-state index contributed by atoms with van der Waals surface area (Å²) in [7, 11) is -4.86. The number of piperidine rings is 2. The molecule has 0 aromatic rings. The van der Waals surface area contributed by atoms with Crippen LogP contribution in [0.4, 0.5) is 4.79 Å². The lowest BCUT2D eigenvalue weighted by Gasteiger charge is -2.35. The van der Waals surface area contributed by atoms with Crippen molar-refractivity contribution in [1.82, 2.24) is 26.1 Å². The quantitative estimate of drug-likeness (QED) is 0.319. The third-order valence-corrected chi connectivity index (χ3v) is 6.51. The summed E-state index contributed by atoms with van der Waals surface area (Å²) >= 11 is 0. The van der Waals surface area contributed by atoms with Crippen molar-refractivity contribution in [3.8, 4) is 0 Å². The Balaban J connectivity index is 1.42. The predicted octanol–water partition coefficient (Wildman–Crippen LogP) is -1.47. The van der Waals surface area contributed by atoms with Gasteiger partial charge in [-0.05, 0) is 50.6 Å². The van der Waals surface area contributed by atoms with E-state index in [-0.39, 0.29) is 18.4 Å². The van der Waals surface area contributed by atoms with Crippen LogP contribution in [0.1, 0.15) is 32.1 Å². The molecule has 1 aliphatic carbocycles. The van der Waals surface area contributed by atoms with Gasteiger partial charge in [0.25, 0.3) is 5.91 Å². The first kappa shape index (κ1) is 19.4. The Hall–Kier alpha value is -1.96. The van der Waals surface area contributed by atoms with Crippen molar-refractivity contribution < 1.29 is 31.6 Å². The zero-order valence-electron chi connectivity index (χ0n) is 15.1. The van der Waals surface area contributed by atoms with Crippen molar-refractivity contribution in [2.45, 2.75) is 44.2 Å². The van der Waals surface area contributed by atoms with Crippen molar-refractivity contribution in [1.29, 1.82) is 0 Å². The van der Waals surface area contributed by atoms with Crippen LogP contribution in [-0.4, -0.2) is 72.5 Å². The fraction of sp³-hybridized carbons (Fsp3) is 0.800. The van der Waals surface area contributed by atoms with Crippen LogP contribution in [0.25, 0.3) is 0 Å². The molecule has 4 aliphatic rings. The molecule has 2 bridgehead atoms. The summed E-state index contributed by atoms with van der Waals surface area (Å²) in [6, 6.07) is -2.19. The molecule has 0 aromatic carbocycles. The molecule has 0 unspecified atom stereocenters. The zero-order valence-corrected chi connectivity index (χ0v) is 15.9. The molecule has 0 aromatic heterocycles. The average Bonchev–Trinajstić information content (AvgIpc) is 3.37. The number of amides is 4. The fourth-order valence-electron chi connectivity index (χ4n) is 4.44. The van der Waals surface area contributed by atoms with E-state index in [1.807, 2.05) is 0 Å². The van der Waals surface area contributed by atoms with E-state index < -0.39 is 39.8 Å². The molecule has 4 fully saturated rings. The number of hydroxylamine groups is 2. The number of nitrogens with zero attached hydrogens (tertiary/aromatic N) is 2. The Bertz CT molecular complexity index is 793. The summed E-state index contributed by atoms with van der Waals surface area (Å²) in [6.45, 7) is 1.60. The van der Waals surface area contributed by atoms with E-state index >= 15 is 0 Å². The molecule has 1 spiro atoms. The lowest BCUT2D eigenvalue weighted by molar-refractivity contribution is -0.134. The molecule has 4 rings (SSSR count). The largest absolute Gasteiger partial charge is 0.418 e. The second kappa shape index (κ2) is 6.83. The highest BCUT2D eigenvalue weighted by Crippen LogP contribution is 2.59. The van der Waals surface area contributed by atoms with Crippen LogP contribution in [0, 0.1) is 11.3 Å². The highest BCUT2D eigenvalue weighted by molar-refractivity contribution is 7.80. The van der Waals surface area contributed by atoms with Crippen LogP contribution in [0.3, 0.4) is 0 Å². The second-order valence-corrected chi connectivity index (χ2v) is 8.87. The number of hydrogen-bond donors (Lipinski definition) is 4. The lowest BCUT2D eigenvalue weighted by atomic mass is 9.85. The van der Waals surface area contributed by atoms with Crippen LogP contribution in [0.15, 0.2) is 0 Å². The van der Waals surface area contributed by atoms with Crippen molar-refractivity contribution in [2.75, 3.05) is 19.6 Å². The highest BCUT2D eigenvalue weighted by Gasteiger charge is 2.65. The molecule has 3 saturated heterocycles. The van der Waals surface area contributed by atoms with E-state index in [4.69, 9.17) is 4.55 Å². The smallest absolute Gasteiger partial charge is 0.317 e. The molecule has 2 atom stereocenters. The molecule has 4 amide bonds. The Kier molecular flexibility index (Phi) is 4.72. The molecule has 4 N–H and O–H groups in total. The normalized spacial score (nSPS) is 29.1. The number of fused-ring (bicyclic) bond motifs is 3. The van der Waals surface area contributed by atoms with E-state index in [1.54, 1.807) is 0 Å². The molecule has 28 heavy (non-hydrogen) atoms. The van der Waals surface area contributed by atoms with Crippen LogP contribution >= 0.6 is 0 Å². The van der Waals surface area contributed by atoms with Crippen molar-refractivity contribution in [3.05, 3.63) is 0 Å². The minimum absolute atomic E-state index is 0.120. The van der Waals surface area contributed by atoms with E-state index in [1.165, 1.54) is 4.90 Å². The van der Waals surface area contributed by atoms with Gasteiger partial charge in [0.2, 0.25) is 5.91 Å². The minimum atomic E-state index is -4.86. The molecule has 156 valence electrons. The number of carbonyl (C=O) groups is 3. The maximum atomic E-state index is 12.7. The van der Waals surface area contributed by atoms with Gasteiger partial charge in [0.1, 0.15) is 6.04 Å². The monoisotopic (exact) mass is 417 g/mol. The molecule has 3 aliphatic heterocycles. The van der Waals surface area contributed by atoms with Crippen molar-refractivity contribution >= 4 is 28.2 Å². The second-order valence-electron chi connectivity index (χ2n) is 7.86. The maximum Gasteiger partial charge on any atom is 0.418 e. The summed E-state index contributed by atoms with van der Waals surface area (Å²) in [4.78, 5) is 38.6. The van der Waals surface area contributed by atoms with Crippen molar-refractivity contribution in [3.63, 3.8) is 0 Å². The first-order valence-electron chi connectivity index (χ1n) is 9.27. The minimum Gasteiger partial charge on any atom is -0.317 e. The van der Waals surface area contributed by atoms with Gasteiger partial charge in [-0.2, -0.15) is 13.5 Å². The summed E-state index contributed by atoms with van der Waals surface area (Å²) in [5.74, 6) is -0.984. The molecular weight excluding hydrogens is 394 g/mol. The van der Waals surface area contributed by atoms with Crippen LogP contribution < -0.4 is 16.2 Å². The van der Waals surface area contributed by atoms with Crippen LogP contribution in [-0.2, 0) is 24.3 Å². The first-order chi connectivity index (χ1) is 13.2. The van der Waals surface area contributed by atoms with Gasteiger partial charge in [-0.1, -0.05) is 0 Å². The van der Waals surface area contributed by atoms with Gasteiger partial charge in [0, 0.05) is 12.5 Å². The Morgan fingerprint density at radius 1 is 1.18 bits per heavy atom. The van der Waals surface area contributed by atoms with Crippen LogP contribution in [0.2, 0.25) is 0 Å². The van der Waals surface area contributed by atoms with Gasteiger partial charge < -0.3 is 10.2 Å². The van der Waals surface area contributed by atoms with Gasteiger partial charge in [-0.25, -0.2) is 4.79 Å². The van der Waals surface area contributed by atoms with Crippen molar-refractivity contribution in [2.24, 2.45) is 11.3 Å². The SMILES string of the molecule is O=C(NNC(=O)[C@@H]1CC2(CC2)[C@@H]2CN1C(=O)N2OS(=O)(=O)O)C1CCNCC1. The summed E-state index contributed by atoms with van der Waals surface area (Å²) in [6.07, 6.45) is 3.14. The Morgan fingerprint density at radius 3 is 2.43 bits per heavy atom. The number of nitrogens with one attached hydrogen (secondary N) is 3. The molecular formula is C15H23N5O7S. The third-order valence-electron chi connectivity index (χ3n) is 6.16. The standard InChI is InChI=1S/C15H23N5O7S/c21-12(9-1-5-16-6-2-9)17-18-13(22)10-7-15(3-4-15)11-8-19(10)14(23)20(11)27-28(24,25)26/h9-11,16H,1-8H2,(H,17,21)(H,18,22)(H,24,25,26)/t10-,11-/m0/s1. The van der Waals surface area contributed by atoms with Gasteiger partial charge >= 0.3 is 16.4 Å². The van der Waals surface area contributed by atoms with E-state index in [2.05, 4.69) is 20.5 Å². The maximum absolute atomic E-state index is 12.7.